The van der Waals surface area contributed by atoms with Gasteiger partial charge in [-0.15, -0.1) is 0 Å². The number of carbonyl (C=O) groups is 1. The second kappa shape index (κ2) is 4.72. The van der Waals surface area contributed by atoms with E-state index in [4.69, 9.17) is 5.73 Å². The molecule has 2 N–H and O–H groups in total. The quantitative estimate of drug-likeness (QED) is 0.711. The molecule has 0 saturated heterocycles. The van der Waals surface area contributed by atoms with E-state index >= 15 is 0 Å². The lowest BCUT2D eigenvalue weighted by atomic mass is 10.0. The van der Waals surface area contributed by atoms with E-state index < -0.39 is 0 Å². The lowest BCUT2D eigenvalue weighted by Crippen LogP contribution is -2.23. The van der Waals surface area contributed by atoms with Gasteiger partial charge in [-0.1, -0.05) is 18.2 Å². The number of aldehydes is 1. The highest BCUT2D eigenvalue weighted by Gasteiger charge is 2.06. The van der Waals surface area contributed by atoms with Crippen LogP contribution in [0.4, 0.5) is 4.39 Å². The molecule has 0 amide bonds. The Bertz CT molecular complexity index is 288. The molecular weight excluding hydrogens is 169 g/mol. The van der Waals surface area contributed by atoms with Crippen LogP contribution in [0.15, 0.2) is 24.3 Å². The number of halogens is 1. The average molecular weight is 181 g/mol. The molecule has 1 atom stereocenters. The van der Waals surface area contributed by atoms with Gasteiger partial charge in [-0.2, -0.15) is 0 Å². The molecule has 0 spiro atoms. The molecule has 0 aliphatic heterocycles. The van der Waals surface area contributed by atoms with Crippen LogP contribution in [0.25, 0.3) is 0 Å². The first-order valence-corrected chi connectivity index (χ1v) is 4.16. The predicted octanol–water partition coefficient (Wildman–Crippen LogP) is 1.28. The molecular formula is C10H12FNO. The Morgan fingerprint density at radius 1 is 1.46 bits per heavy atom. The Morgan fingerprint density at radius 2 is 2.15 bits per heavy atom. The Morgan fingerprint density at radius 3 is 2.77 bits per heavy atom. The summed E-state index contributed by atoms with van der Waals surface area (Å²) in [5.74, 6) is -0.260. The second-order valence-corrected chi connectivity index (χ2v) is 2.96. The molecule has 0 bridgehead atoms. The van der Waals surface area contributed by atoms with Crippen molar-refractivity contribution in [3.8, 4) is 0 Å². The van der Waals surface area contributed by atoms with E-state index in [2.05, 4.69) is 0 Å². The van der Waals surface area contributed by atoms with Crippen LogP contribution in [-0.2, 0) is 11.2 Å². The molecule has 1 rings (SSSR count). The van der Waals surface area contributed by atoms with Gasteiger partial charge < -0.3 is 10.5 Å². The molecule has 0 aromatic heterocycles. The summed E-state index contributed by atoms with van der Waals surface area (Å²) < 4.78 is 13.0. The minimum Gasteiger partial charge on any atom is -0.327 e. The van der Waals surface area contributed by atoms with Crippen molar-refractivity contribution >= 4 is 6.29 Å². The van der Waals surface area contributed by atoms with Gasteiger partial charge in [0, 0.05) is 12.5 Å². The van der Waals surface area contributed by atoms with Gasteiger partial charge in [0.1, 0.15) is 12.1 Å². The summed E-state index contributed by atoms with van der Waals surface area (Å²) in [6, 6.07) is 6.17. The number of hydrogen-bond donors (Lipinski definition) is 1. The van der Waals surface area contributed by atoms with Gasteiger partial charge in [0.05, 0.1) is 0 Å². The van der Waals surface area contributed by atoms with E-state index in [9.17, 15) is 9.18 Å². The van der Waals surface area contributed by atoms with Gasteiger partial charge in [-0.25, -0.2) is 4.39 Å². The molecule has 2 nitrogen and oxygen atoms in total. The minimum absolute atomic E-state index is 0.260. The van der Waals surface area contributed by atoms with E-state index in [1.165, 1.54) is 6.07 Å². The third-order valence-electron chi connectivity index (χ3n) is 1.84. The smallest absolute Gasteiger partial charge is 0.126 e. The molecule has 3 heteroatoms. The van der Waals surface area contributed by atoms with Crippen LogP contribution < -0.4 is 5.73 Å². The van der Waals surface area contributed by atoms with Gasteiger partial charge in [0.25, 0.3) is 0 Å². The van der Waals surface area contributed by atoms with Gasteiger partial charge in [-0.3, -0.25) is 0 Å². The van der Waals surface area contributed by atoms with Crippen molar-refractivity contribution in [2.45, 2.75) is 18.9 Å². The molecule has 70 valence electrons. The van der Waals surface area contributed by atoms with Crippen LogP contribution in [0.2, 0.25) is 0 Å². The molecule has 0 radical (unpaired) electrons. The summed E-state index contributed by atoms with van der Waals surface area (Å²) >= 11 is 0. The van der Waals surface area contributed by atoms with Crippen molar-refractivity contribution in [2.75, 3.05) is 0 Å². The van der Waals surface area contributed by atoms with Gasteiger partial charge in [-0.05, 0) is 18.1 Å². The summed E-state index contributed by atoms with van der Waals surface area (Å²) in [5.41, 5.74) is 6.15. The zero-order valence-electron chi connectivity index (χ0n) is 7.24. The molecule has 0 fully saturated rings. The summed E-state index contributed by atoms with van der Waals surface area (Å²) in [5, 5.41) is 0. The Balaban J connectivity index is 2.63. The van der Waals surface area contributed by atoms with Gasteiger partial charge >= 0.3 is 0 Å². The van der Waals surface area contributed by atoms with E-state index in [-0.39, 0.29) is 18.3 Å². The summed E-state index contributed by atoms with van der Waals surface area (Å²) in [6.07, 6.45) is 1.44. The van der Waals surface area contributed by atoms with Crippen LogP contribution in [0.3, 0.4) is 0 Å². The standard InChI is InChI=1S/C10H12FNO/c11-10-4-2-1-3-8(10)7-9(12)5-6-13/h1-4,6,9H,5,7,12H2. The second-order valence-electron chi connectivity index (χ2n) is 2.96. The van der Waals surface area contributed by atoms with Crippen LogP contribution in [-0.4, -0.2) is 12.3 Å². The fourth-order valence-corrected chi connectivity index (χ4v) is 1.15. The molecule has 0 aliphatic carbocycles. The molecule has 13 heavy (non-hydrogen) atoms. The van der Waals surface area contributed by atoms with Gasteiger partial charge in [0.2, 0.25) is 0 Å². The van der Waals surface area contributed by atoms with Crippen LogP contribution in [0, 0.1) is 5.82 Å². The zero-order valence-corrected chi connectivity index (χ0v) is 7.24. The molecule has 0 saturated carbocycles. The largest absolute Gasteiger partial charge is 0.327 e. The highest BCUT2D eigenvalue weighted by atomic mass is 19.1. The monoisotopic (exact) mass is 181 g/mol. The maximum atomic E-state index is 13.0. The van der Waals surface area contributed by atoms with Crippen molar-refractivity contribution in [1.29, 1.82) is 0 Å². The number of nitrogens with two attached hydrogens (primary N) is 1. The maximum absolute atomic E-state index is 13.0. The lowest BCUT2D eigenvalue weighted by molar-refractivity contribution is -0.108. The summed E-state index contributed by atoms with van der Waals surface area (Å²) in [6.45, 7) is 0. The number of hydrogen-bond acceptors (Lipinski definition) is 2. The first kappa shape index (κ1) is 9.86. The molecule has 0 aliphatic rings. The maximum Gasteiger partial charge on any atom is 0.126 e. The first-order valence-electron chi connectivity index (χ1n) is 4.16. The Kier molecular flexibility index (Phi) is 3.58. The number of carbonyl (C=O) groups excluding carboxylic acids is 1. The Labute approximate surface area is 76.6 Å². The zero-order chi connectivity index (χ0) is 9.68. The molecule has 1 aromatic rings. The Hall–Kier alpha value is -1.22. The molecule has 1 aromatic carbocycles. The third kappa shape index (κ3) is 2.95. The van der Waals surface area contributed by atoms with Crippen molar-refractivity contribution < 1.29 is 9.18 Å². The highest BCUT2D eigenvalue weighted by Crippen LogP contribution is 2.08. The third-order valence-corrected chi connectivity index (χ3v) is 1.84. The van der Waals surface area contributed by atoms with Crippen LogP contribution in [0.1, 0.15) is 12.0 Å². The van der Waals surface area contributed by atoms with E-state index in [1.54, 1.807) is 18.2 Å². The van der Waals surface area contributed by atoms with Crippen LogP contribution >= 0.6 is 0 Å². The summed E-state index contributed by atoms with van der Waals surface area (Å²) in [4.78, 5) is 10.1. The van der Waals surface area contributed by atoms with Crippen molar-refractivity contribution in [3.63, 3.8) is 0 Å². The van der Waals surface area contributed by atoms with E-state index in [0.717, 1.165) is 6.29 Å². The lowest BCUT2D eigenvalue weighted by Gasteiger charge is -2.08. The highest BCUT2D eigenvalue weighted by molar-refractivity contribution is 5.50. The molecule has 0 heterocycles. The summed E-state index contributed by atoms with van der Waals surface area (Å²) in [7, 11) is 0. The van der Waals surface area contributed by atoms with Crippen molar-refractivity contribution in [1.82, 2.24) is 0 Å². The van der Waals surface area contributed by atoms with Crippen molar-refractivity contribution in [2.24, 2.45) is 5.73 Å². The van der Waals surface area contributed by atoms with Crippen LogP contribution in [0.5, 0.6) is 0 Å². The van der Waals surface area contributed by atoms with E-state index in [1.807, 2.05) is 0 Å². The van der Waals surface area contributed by atoms with E-state index in [0.29, 0.717) is 12.0 Å². The van der Waals surface area contributed by atoms with Gasteiger partial charge in [0.15, 0.2) is 0 Å². The number of rotatable bonds is 4. The van der Waals surface area contributed by atoms with Crippen molar-refractivity contribution in [3.05, 3.63) is 35.6 Å². The first-order chi connectivity index (χ1) is 6.24. The molecule has 1 unspecified atom stereocenters. The predicted molar refractivity (Wildman–Crippen MR) is 48.8 cm³/mol. The minimum atomic E-state index is -0.283. The SMILES string of the molecule is NC(CC=O)Cc1ccccc1F. The fourth-order valence-electron chi connectivity index (χ4n) is 1.15. The average Bonchev–Trinajstić information content (AvgIpc) is 2.09. The number of benzene rings is 1. The topological polar surface area (TPSA) is 43.1 Å². The normalized spacial score (nSPS) is 12.5. The fraction of sp³-hybridized carbons (Fsp3) is 0.300.